The molecule has 43 heavy (non-hydrogen) atoms. The molecule has 0 aromatic carbocycles. The molecule has 236 valence electrons. The van der Waals surface area contributed by atoms with Crippen molar-refractivity contribution in [2.24, 2.45) is 0 Å². The number of hydrogen-bond acceptors (Lipinski definition) is 16. The van der Waals surface area contributed by atoms with Gasteiger partial charge in [-0.3, -0.25) is 32.5 Å². The van der Waals surface area contributed by atoms with Crippen LogP contribution in [-0.4, -0.2) is 109 Å². The highest BCUT2D eigenvalue weighted by Crippen LogP contribution is 2.50. The zero-order valence-electron chi connectivity index (χ0n) is 21.4. The van der Waals surface area contributed by atoms with E-state index in [-0.39, 0.29) is 17.0 Å². The molecule has 0 amide bonds. The second-order valence-corrected chi connectivity index (χ2v) is 11.9. The quantitative estimate of drug-likeness (QED) is 0.0981. The van der Waals surface area contributed by atoms with Gasteiger partial charge in [-0.1, -0.05) is 0 Å². The Labute approximate surface area is 238 Å². The lowest BCUT2D eigenvalue weighted by Gasteiger charge is -2.24. The molecule has 0 spiro atoms. The predicted molar refractivity (Wildman–Crippen MR) is 136 cm³/mol. The number of aliphatic hydroxyl groups excluding tert-OH is 3. The number of H-pyrrole nitrogens is 1. The molecule has 3 aromatic heterocycles. The zero-order valence-corrected chi connectivity index (χ0v) is 23.2. The van der Waals surface area contributed by atoms with Gasteiger partial charge in [0.1, 0.15) is 48.5 Å². The number of anilines is 1. The van der Waals surface area contributed by atoms with E-state index in [1.54, 1.807) is 0 Å². The standard InChI is InChI=1S/C19H25N7O15P2/c20-15-10-16(22-5-21-15)26(6-23-10)18-11(29)13(7(3-27)38-18)41-43(35,36)37-4-8-14(40-42(32,33)34)12(30)17(39-8)25-2-1-9(28)24-19(25)31/h1-2,5-8,11-14,17-18,27,29-30H,3-4H2,(H,35,36)(H2,20,21,22)(H,24,28,31)(H2,32,33,34)/t7-,8-,11?,12?,13?,14?,17-,18-/m1/s1. The van der Waals surface area contributed by atoms with Crippen LogP contribution in [0.3, 0.4) is 0 Å². The molecule has 3 aromatic rings. The third-order valence-corrected chi connectivity index (χ3v) is 8.00. The van der Waals surface area contributed by atoms with Crippen LogP contribution >= 0.6 is 15.6 Å². The monoisotopic (exact) mass is 653 g/mol. The van der Waals surface area contributed by atoms with Crippen LogP contribution < -0.4 is 17.0 Å². The normalized spacial score (nSPS) is 31.0. The average molecular weight is 653 g/mol. The molecule has 22 nitrogen and oxygen atoms in total. The number of rotatable bonds is 10. The highest BCUT2D eigenvalue weighted by atomic mass is 31.2. The van der Waals surface area contributed by atoms with Crippen molar-refractivity contribution >= 4 is 32.6 Å². The summed E-state index contributed by atoms with van der Waals surface area (Å²) in [6.07, 6.45) is -10.0. The number of fused-ring (bicyclic) bond motifs is 1. The van der Waals surface area contributed by atoms with Crippen molar-refractivity contribution in [2.45, 2.75) is 49.1 Å². The van der Waals surface area contributed by atoms with Crippen molar-refractivity contribution < 1.29 is 62.2 Å². The summed E-state index contributed by atoms with van der Waals surface area (Å²) >= 11 is 0. The molecule has 5 rings (SSSR count). The SMILES string of the molecule is Nc1ncnc2c1ncn2[C@@H]1O[C@H](CO)C(OP(=O)(O)OC[C@H]2O[C@@H](n3ccc(=O)[nH]c3=O)C(O)C2OP(=O)(O)O)C1O. The Bertz CT molecular complexity index is 1690. The number of phosphoric ester groups is 2. The topological polar surface area (TPSA) is 326 Å². The van der Waals surface area contributed by atoms with Crippen molar-refractivity contribution in [3.8, 4) is 0 Å². The molecule has 24 heteroatoms. The van der Waals surface area contributed by atoms with Crippen LogP contribution in [0.25, 0.3) is 11.2 Å². The molecule has 2 fully saturated rings. The lowest BCUT2D eigenvalue weighted by Crippen LogP contribution is -2.38. The molecule has 0 saturated carbocycles. The van der Waals surface area contributed by atoms with Gasteiger partial charge in [-0.2, -0.15) is 0 Å². The number of nitrogens with two attached hydrogens (primary N) is 1. The summed E-state index contributed by atoms with van der Waals surface area (Å²) in [5.74, 6) is 0.0314. The molecule has 0 aliphatic carbocycles. The molecule has 0 radical (unpaired) electrons. The first-order valence-electron chi connectivity index (χ1n) is 12.1. The van der Waals surface area contributed by atoms with Crippen LogP contribution in [0.15, 0.2) is 34.5 Å². The largest absolute Gasteiger partial charge is 0.472 e. The minimum absolute atomic E-state index is 0.0314. The number of aromatic nitrogens is 6. The van der Waals surface area contributed by atoms with Crippen molar-refractivity contribution in [1.29, 1.82) is 0 Å². The summed E-state index contributed by atoms with van der Waals surface area (Å²) in [5, 5.41) is 31.3. The van der Waals surface area contributed by atoms with E-state index in [9.17, 15) is 48.7 Å². The van der Waals surface area contributed by atoms with Crippen LogP contribution in [0.2, 0.25) is 0 Å². The highest BCUT2D eigenvalue weighted by molar-refractivity contribution is 7.47. The van der Waals surface area contributed by atoms with E-state index in [0.717, 1.165) is 18.6 Å². The fraction of sp³-hybridized carbons (Fsp3) is 0.526. The van der Waals surface area contributed by atoms with Crippen LogP contribution in [0.5, 0.6) is 0 Å². The third-order valence-electron chi connectivity index (χ3n) is 6.50. The van der Waals surface area contributed by atoms with E-state index in [2.05, 4.69) is 19.5 Å². The van der Waals surface area contributed by atoms with Gasteiger partial charge in [0.15, 0.2) is 23.9 Å². The van der Waals surface area contributed by atoms with Crippen molar-refractivity contribution in [3.63, 3.8) is 0 Å². The Morgan fingerprint density at radius 3 is 2.28 bits per heavy atom. The Morgan fingerprint density at radius 2 is 1.63 bits per heavy atom. The molecule has 9 N–H and O–H groups in total. The molecule has 5 heterocycles. The summed E-state index contributed by atoms with van der Waals surface area (Å²) < 4.78 is 52.0. The Kier molecular flexibility index (Phi) is 8.68. The Balaban J connectivity index is 1.32. The van der Waals surface area contributed by atoms with Crippen LogP contribution in [0.4, 0.5) is 5.82 Å². The number of ether oxygens (including phenoxy) is 2. The molecule has 2 aliphatic heterocycles. The van der Waals surface area contributed by atoms with Gasteiger partial charge < -0.3 is 45.2 Å². The van der Waals surface area contributed by atoms with Gasteiger partial charge in [-0.15, -0.1) is 0 Å². The average Bonchev–Trinajstić information content (AvgIpc) is 3.57. The maximum absolute atomic E-state index is 12.9. The highest BCUT2D eigenvalue weighted by Gasteiger charge is 2.51. The number of nitrogens with zero attached hydrogens (tertiary/aromatic N) is 5. The lowest BCUT2D eigenvalue weighted by atomic mass is 10.1. The molecule has 9 atom stereocenters. The first kappa shape index (κ1) is 31.5. The molecule has 2 aliphatic rings. The first-order chi connectivity index (χ1) is 20.2. The summed E-state index contributed by atoms with van der Waals surface area (Å²) in [7, 11) is -10.5. The number of aromatic amines is 1. The first-order valence-corrected chi connectivity index (χ1v) is 15.1. The molecular weight excluding hydrogens is 628 g/mol. The maximum atomic E-state index is 12.9. The number of hydrogen-bond donors (Lipinski definition) is 8. The second kappa shape index (κ2) is 11.9. The minimum atomic E-state index is -5.29. The van der Waals surface area contributed by atoms with Gasteiger partial charge in [0.25, 0.3) is 5.56 Å². The molecule has 2 saturated heterocycles. The fourth-order valence-electron chi connectivity index (χ4n) is 4.63. The lowest BCUT2D eigenvalue weighted by molar-refractivity contribution is -0.0608. The maximum Gasteiger partial charge on any atom is 0.472 e. The number of nitrogens with one attached hydrogen (secondary N) is 1. The molecule has 0 bridgehead atoms. The number of phosphoric acid groups is 2. The van der Waals surface area contributed by atoms with Gasteiger partial charge in [0.2, 0.25) is 0 Å². The van der Waals surface area contributed by atoms with Gasteiger partial charge in [0.05, 0.1) is 19.5 Å². The fourth-order valence-corrected chi connectivity index (χ4v) is 6.18. The van der Waals surface area contributed by atoms with Crippen molar-refractivity contribution in [1.82, 2.24) is 29.1 Å². The van der Waals surface area contributed by atoms with Crippen molar-refractivity contribution in [3.05, 3.63) is 45.8 Å². The summed E-state index contributed by atoms with van der Waals surface area (Å²) in [5.41, 5.74) is 4.25. The number of nitrogen functional groups attached to an aromatic ring is 1. The van der Waals surface area contributed by atoms with Gasteiger partial charge in [0, 0.05) is 12.3 Å². The van der Waals surface area contributed by atoms with E-state index in [1.165, 1.54) is 10.9 Å². The third kappa shape index (κ3) is 6.47. The van der Waals surface area contributed by atoms with E-state index in [4.69, 9.17) is 24.3 Å². The van der Waals surface area contributed by atoms with Crippen LogP contribution in [0, 0.1) is 0 Å². The zero-order chi connectivity index (χ0) is 31.3. The van der Waals surface area contributed by atoms with E-state index >= 15 is 0 Å². The molecular formula is C19H25N7O15P2. The minimum Gasteiger partial charge on any atom is -0.394 e. The van der Waals surface area contributed by atoms with Crippen LogP contribution in [0.1, 0.15) is 12.5 Å². The van der Waals surface area contributed by atoms with Gasteiger partial charge in [-0.25, -0.2) is 28.9 Å². The van der Waals surface area contributed by atoms with Gasteiger partial charge in [-0.05, 0) is 0 Å². The predicted octanol–water partition coefficient (Wildman–Crippen LogP) is -3.55. The smallest absolute Gasteiger partial charge is 0.394 e. The summed E-state index contributed by atoms with van der Waals surface area (Å²) in [4.78, 5) is 66.4. The van der Waals surface area contributed by atoms with Crippen molar-refractivity contribution in [2.75, 3.05) is 18.9 Å². The Hall–Kier alpha value is -2.95. The van der Waals surface area contributed by atoms with Crippen LogP contribution in [-0.2, 0) is 32.2 Å². The number of aliphatic hydroxyl groups is 3. The Morgan fingerprint density at radius 1 is 0.977 bits per heavy atom. The van der Waals surface area contributed by atoms with E-state index < -0.39 is 89.2 Å². The summed E-state index contributed by atoms with van der Waals surface area (Å²) in [6, 6.07) is 0.907. The van der Waals surface area contributed by atoms with E-state index in [0.29, 0.717) is 4.57 Å². The van der Waals surface area contributed by atoms with Gasteiger partial charge >= 0.3 is 21.3 Å². The summed E-state index contributed by atoms with van der Waals surface area (Å²) in [6.45, 7) is -1.79. The van der Waals surface area contributed by atoms with E-state index in [1.807, 2.05) is 4.98 Å². The molecule has 5 unspecified atom stereocenters. The number of imidazole rings is 1. The second-order valence-electron chi connectivity index (χ2n) is 9.29.